The molecule has 0 atom stereocenters. The molecule has 0 aromatic heterocycles. The molecule has 5 heteroatoms. The largest absolute Gasteiger partial charge is 0.463 e. The smallest absolute Gasteiger partial charge is 0.331 e. The minimum absolute atomic E-state index is 0.356. The van der Waals surface area contributed by atoms with Gasteiger partial charge in [0.05, 0.1) is 13.2 Å². The number of esters is 2. The molecule has 0 amide bonds. The first-order chi connectivity index (χ1) is 12.6. The van der Waals surface area contributed by atoms with E-state index in [1.54, 1.807) is 0 Å². The highest BCUT2D eigenvalue weighted by Gasteiger charge is 2.01. The highest BCUT2D eigenvalue weighted by Crippen LogP contribution is 2.10. The monoisotopic (exact) mass is 369 g/mol. The van der Waals surface area contributed by atoms with Crippen LogP contribution in [0.3, 0.4) is 0 Å². The Balaban J connectivity index is 3.43. The number of ether oxygens (including phenoxy) is 2. The van der Waals surface area contributed by atoms with Gasteiger partial charge in [0.1, 0.15) is 0 Å². The number of unbranched alkanes of at least 4 members (excludes halogenated alkanes) is 9. The summed E-state index contributed by atoms with van der Waals surface area (Å²) in [5.74, 6) is -0.981. The van der Waals surface area contributed by atoms with Crippen molar-refractivity contribution in [3.63, 3.8) is 0 Å². The standard InChI is InChI=1S/C21H39NO4/c1-4-5-6-7-8-9-10-11-12-13-18-25-20(23)15-16-21(24)26-19-14-17-22(2)3/h15-16H,4-14,17-19H2,1-3H3/b16-15-. The molecule has 0 N–H and O–H groups in total. The Morgan fingerprint density at radius 2 is 1.12 bits per heavy atom. The molecule has 0 aliphatic carbocycles. The van der Waals surface area contributed by atoms with Crippen molar-refractivity contribution in [1.82, 2.24) is 4.90 Å². The predicted octanol–water partition coefficient (Wildman–Crippen LogP) is 4.50. The van der Waals surface area contributed by atoms with E-state index in [4.69, 9.17) is 9.47 Å². The molecule has 0 saturated carbocycles. The van der Waals surface area contributed by atoms with E-state index < -0.39 is 11.9 Å². The van der Waals surface area contributed by atoms with E-state index in [9.17, 15) is 9.59 Å². The van der Waals surface area contributed by atoms with Crippen LogP contribution in [-0.2, 0) is 19.1 Å². The van der Waals surface area contributed by atoms with Crippen molar-refractivity contribution in [2.45, 2.75) is 77.6 Å². The second-order valence-electron chi connectivity index (χ2n) is 7.01. The summed E-state index contributed by atoms with van der Waals surface area (Å²) in [5, 5.41) is 0. The molecule has 0 radical (unpaired) electrons. The normalized spacial score (nSPS) is 11.2. The summed E-state index contributed by atoms with van der Waals surface area (Å²) in [5.41, 5.74) is 0. The van der Waals surface area contributed by atoms with Crippen LogP contribution >= 0.6 is 0 Å². The fraction of sp³-hybridized carbons (Fsp3) is 0.810. The van der Waals surface area contributed by atoms with E-state index in [1.165, 1.54) is 51.4 Å². The third-order valence-electron chi connectivity index (χ3n) is 4.09. The summed E-state index contributed by atoms with van der Waals surface area (Å²) in [6.45, 7) is 3.87. The van der Waals surface area contributed by atoms with Crippen molar-refractivity contribution in [2.24, 2.45) is 0 Å². The van der Waals surface area contributed by atoms with Crippen LogP contribution in [0.15, 0.2) is 12.2 Å². The van der Waals surface area contributed by atoms with Gasteiger partial charge in [-0.1, -0.05) is 64.7 Å². The molecule has 152 valence electrons. The third-order valence-corrected chi connectivity index (χ3v) is 4.09. The molecule has 0 bridgehead atoms. The fourth-order valence-corrected chi connectivity index (χ4v) is 2.55. The van der Waals surface area contributed by atoms with Crippen molar-refractivity contribution in [2.75, 3.05) is 33.9 Å². The number of nitrogens with zero attached hydrogens (tertiary/aromatic N) is 1. The van der Waals surface area contributed by atoms with Crippen molar-refractivity contribution < 1.29 is 19.1 Å². The molecular weight excluding hydrogens is 330 g/mol. The lowest BCUT2D eigenvalue weighted by atomic mass is 10.1. The van der Waals surface area contributed by atoms with Crippen LogP contribution in [0.25, 0.3) is 0 Å². The van der Waals surface area contributed by atoms with E-state index in [0.717, 1.165) is 38.0 Å². The van der Waals surface area contributed by atoms with Gasteiger partial charge in [0.25, 0.3) is 0 Å². The van der Waals surface area contributed by atoms with Gasteiger partial charge in [-0.2, -0.15) is 0 Å². The van der Waals surface area contributed by atoms with Crippen LogP contribution in [0.1, 0.15) is 77.6 Å². The Morgan fingerprint density at radius 3 is 1.58 bits per heavy atom. The number of hydrogen-bond donors (Lipinski definition) is 0. The summed E-state index contributed by atoms with van der Waals surface area (Å²) in [4.78, 5) is 24.9. The molecule has 0 rings (SSSR count). The van der Waals surface area contributed by atoms with Crippen molar-refractivity contribution in [1.29, 1.82) is 0 Å². The van der Waals surface area contributed by atoms with Gasteiger partial charge in [0.2, 0.25) is 0 Å². The summed E-state index contributed by atoms with van der Waals surface area (Å²) < 4.78 is 10.1. The molecule has 5 nitrogen and oxygen atoms in total. The minimum Gasteiger partial charge on any atom is -0.463 e. The topological polar surface area (TPSA) is 55.8 Å². The Morgan fingerprint density at radius 1 is 0.692 bits per heavy atom. The lowest BCUT2D eigenvalue weighted by Gasteiger charge is -2.08. The van der Waals surface area contributed by atoms with Gasteiger partial charge in [0, 0.05) is 18.7 Å². The van der Waals surface area contributed by atoms with Gasteiger partial charge in [-0.05, 0) is 26.9 Å². The Hall–Kier alpha value is -1.36. The zero-order valence-electron chi connectivity index (χ0n) is 17.1. The van der Waals surface area contributed by atoms with Crippen LogP contribution in [0, 0.1) is 0 Å². The lowest BCUT2D eigenvalue weighted by molar-refractivity contribution is -0.140. The van der Waals surface area contributed by atoms with Crippen molar-refractivity contribution >= 4 is 11.9 Å². The maximum Gasteiger partial charge on any atom is 0.331 e. The Bertz CT molecular complexity index is 380. The minimum atomic E-state index is -0.500. The highest BCUT2D eigenvalue weighted by molar-refractivity contribution is 5.91. The van der Waals surface area contributed by atoms with Gasteiger partial charge < -0.3 is 14.4 Å². The molecular formula is C21H39NO4. The number of rotatable bonds is 17. The molecule has 0 aliphatic rings. The van der Waals surface area contributed by atoms with E-state index in [-0.39, 0.29) is 0 Å². The molecule has 0 unspecified atom stereocenters. The molecule has 0 aromatic carbocycles. The second kappa shape index (κ2) is 18.4. The van der Waals surface area contributed by atoms with Gasteiger partial charge in [-0.25, -0.2) is 9.59 Å². The van der Waals surface area contributed by atoms with Crippen LogP contribution in [0.2, 0.25) is 0 Å². The fourth-order valence-electron chi connectivity index (χ4n) is 2.55. The maximum absolute atomic E-state index is 11.5. The number of hydrogen-bond acceptors (Lipinski definition) is 5. The molecule has 0 heterocycles. The van der Waals surface area contributed by atoms with Crippen molar-refractivity contribution in [3.8, 4) is 0 Å². The molecule has 26 heavy (non-hydrogen) atoms. The summed E-state index contributed by atoms with van der Waals surface area (Å²) >= 11 is 0. The first kappa shape index (κ1) is 24.6. The van der Waals surface area contributed by atoms with Crippen LogP contribution in [0.4, 0.5) is 0 Å². The van der Waals surface area contributed by atoms with E-state index >= 15 is 0 Å². The first-order valence-electron chi connectivity index (χ1n) is 10.2. The predicted molar refractivity (Wildman–Crippen MR) is 106 cm³/mol. The third kappa shape index (κ3) is 19.0. The average Bonchev–Trinajstić information content (AvgIpc) is 2.61. The van der Waals surface area contributed by atoms with E-state index in [1.807, 2.05) is 19.0 Å². The quantitative estimate of drug-likeness (QED) is 0.215. The van der Waals surface area contributed by atoms with Crippen LogP contribution in [0.5, 0.6) is 0 Å². The number of carbonyl (C=O) groups is 2. The highest BCUT2D eigenvalue weighted by atomic mass is 16.5. The van der Waals surface area contributed by atoms with Gasteiger partial charge >= 0.3 is 11.9 Å². The lowest BCUT2D eigenvalue weighted by Crippen LogP contribution is -2.15. The first-order valence-corrected chi connectivity index (χ1v) is 10.2. The molecule has 0 spiro atoms. The zero-order valence-corrected chi connectivity index (χ0v) is 17.1. The SMILES string of the molecule is CCCCCCCCCCCCOC(=O)/C=C\C(=O)OCCCN(C)C. The average molecular weight is 370 g/mol. The summed E-state index contributed by atoms with van der Waals surface area (Å²) in [6, 6.07) is 0. The summed E-state index contributed by atoms with van der Waals surface area (Å²) in [7, 11) is 3.93. The van der Waals surface area contributed by atoms with E-state index in [2.05, 4.69) is 6.92 Å². The molecule has 0 fully saturated rings. The van der Waals surface area contributed by atoms with Gasteiger partial charge in [-0.15, -0.1) is 0 Å². The van der Waals surface area contributed by atoms with Crippen molar-refractivity contribution in [3.05, 3.63) is 12.2 Å². The van der Waals surface area contributed by atoms with Gasteiger partial charge in [-0.3, -0.25) is 0 Å². The Kier molecular flexibility index (Phi) is 17.5. The maximum atomic E-state index is 11.5. The second-order valence-corrected chi connectivity index (χ2v) is 7.01. The summed E-state index contributed by atoms with van der Waals surface area (Å²) in [6.07, 6.45) is 15.5. The molecule has 0 aromatic rings. The molecule has 0 saturated heterocycles. The zero-order chi connectivity index (χ0) is 19.5. The molecule has 0 aliphatic heterocycles. The van der Waals surface area contributed by atoms with Crippen LogP contribution in [-0.4, -0.2) is 50.7 Å². The van der Waals surface area contributed by atoms with E-state index in [0.29, 0.717) is 13.2 Å². The van der Waals surface area contributed by atoms with Crippen LogP contribution < -0.4 is 0 Å². The van der Waals surface area contributed by atoms with Gasteiger partial charge in [0.15, 0.2) is 0 Å². The number of carbonyl (C=O) groups excluding carboxylic acids is 2. The Labute approximate surface area is 160 Å².